The van der Waals surface area contributed by atoms with E-state index in [4.69, 9.17) is 0 Å². The van der Waals surface area contributed by atoms with Gasteiger partial charge in [-0.15, -0.1) is 0 Å². The van der Waals surface area contributed by atoms with E-state index < -0.39 is 0 Å². The molecule has 11 rings (SSSR count). The van der Waals surface area contributed by atoms with Crippen molar-refractivity contribution in [2.75, 3.05) is 4.90 Å². The third kappa shape index (κ3) is 5.96. The van der Waals surface area contributed by atoms with Crippen molar-refractivity contribution in [3.8, 4) is 33.4 Å². The van der Waals surface area contributed by atoms with Crippen LogP contribution in [0.3, 0.4) is 0 Å². The van der Waals surface area contributed by atoms with Crippen LogP contribution in [-0.2, 0) is 5.41 Å². The van der Waals surface area contributed by atoms with Crippen molar-refractivity contribution in [3.05, 3.63) is 174 Å². The van der Waals surface area contributed by atoms with E-state index in [0.717, 1.165) is 11.8 Å². The van der Waals surface area contributed by atoms with Gasteiger partial charge in [-0.3, -0.25) is 0 Å². The van der Waals surface area contributed by atoms with E-state index in [9.17, 15) is 0 Å². The first-order chi connectivity index (χ1) is 28.0. The maximum Gasteiger partial charge on any atom is 0.0543 e. The second-order valence-electron chi connectivity index (χ2n) is 18.3. The number of hydrogen-bond acceptors (Lipinski definition) is 1. The molecule has 0 heterocycles. The summed E-state index contributed by atoms with van der Waals surface area (Å²) in [7, 11) is 0. The standard InChI is InChI=1S/C56H53N/c1-56(2)52-34-43(39-15-8-4-9-16-39)26-30-48(52)51-35-50(40-17-10-5-11-18-40)55(36-53(51)56)57(46-27-23-41(24-28-46)49-32-37-21-22-45(49)31-37)54-20-12-19-44-33-42(25-29-47(44)54)38-13-6-3-7-14-38/h4-5,8-12,15-20,23-30,33-38,45,49H,3,6-7,13-14,21-22,31-32H2,1-2H3. The van der Waals surface area contributed by atoms with Crippen LogP contribution in [0.15, 0.2) is 152 Å². The molecule has 2 bridgehead atoms. The maximum atomic E-state index is 2.60. The van der Waals surface area contributed by atoms with Crippen LogP contribution in [0.2, 0.25) is 0 Å². The van der Waals surface area contributed by atoms with Gasteiger partial charge in [-0.1, -0.05) is 155 Å². The molecule has 3 unspecified atom stereocenters. The minimum absolute atomic E-state index is 0.176. The largest absolute Gasteiger partial charge is 0.309 e. The average molecular weight is 740 g/mol. The lowest BCUT2D eigenvalue weighted by atomic mass is 9.80. The van der Waals surface area contributed by atoms with E-state index in [2.05, 4.69) is 170 Å². The van der Waals surface area contributed by atoms with Crippen molar-refractivity contribution in [1.82, 2.24) is 0 Å². The summed E-state index contributed by atoms with van der Waals surface area (Å²) in [6.45, 7) is 4.86. The monoisotopic (exact) mass is 739 g/mol. The predicted molar refractivity (Wildman–Crippen MR) is 241 cm³/mol. The molecule has 4 aliphatic rings. The quantitative estimate of drug-likeness (QED) is 0.157. The molecule has 3 fully saturated rings. The van der Waals surface area contributed by atoms with Crippen LogP contribution in [0.5, 0.6) is 0 Å². The molecule has 0 spiro atoms. The topological polar surface area (TPSA) is 3.24 Å². The Kier molecular flexibility index (Phi) is 8.50. The van der Waals surface area contributed by atoms with Crippen LogP contribution in [0.1, 0.15) is 106 Å². The maximum absolute atomic E-state index is 2.60. The van der Waals surface area contributed by atoms with Crippen molar-refractivity contribution in [2.45, 2.75) is 88.9 Å². The van der Waals surface area contributed by atoms with Crippen LogP contribution in [0.25, 0.3) is 44.2 Å². The second-order valence-corrected chi connectivity index (χ2v) is 18.3. The molecular formula is C56H53N. The zero-order valence-electron chi connectivity index (χ0n) is 33.6. The van der Waals surface area contributed by atoms with E-state index in [1.54, 1.807) is 0 Å². The fraction of sp³-hybridized carbons (Fsp3) is 0.286. The molecule has 4 aliphatic carbocycles. The summed E-state index contributed by atoms with van der Waals surface area (Å²) in [4.78, 5) is 2.60. The smallest absolute Gasteiger partial charge is 0.0543 e. The van der Waals surface area contributed by atoms with Gasteiger partial charge in [0.05, 0.1) is 11.4 Å². The summed E-state index contributed by atoms with van der Waals surface area (Å²) in [5.74, 6) is 3.18. The number of hydrogen-bond donors (Lipinski definition) is 0. The SMILES string of the molecule is CC1(C)c2cc(-c3ccccc3)ccc2-c2cc(-c3ccccc3)c(N(c3ccc(C4CC5CCC4C5)cc3)c3cccc4cc(C5CCCCC5)ccc34)cc21. The van der Waals surface area contributed by atoms with Crippen LogP contribution >= 0.6 is 0 Å². The minimum atomic E-state index is -0.176. The van der Waals surface area contributed by atoms with E-state index in [0.29, 0.717) is 11.8 Å². The Balaban J connectivity index is 1.11. The van der Waals surface area contributed by atoms with Gasteiger partial charge in [0.2, 0.25) is 0 Å². The van der Waals surface area contributed by atoms with Gasteiger partial charge in [-0.25, -0.2) is 0 Å². The lowest BCUT2D eigenvalue weighted by Crippen LogP contribution is -2.17. The van der Waals surface area contributed by atoms with Crippen molar-refractivity contribution in [1.29, 1.82) is 0 Å². The summed E-state index contributed by atoms with van der Waals surface area (Å²) in [6.07, 6.45) is 12.3. The van der Waals surface area contributed by atoms with Gasteiger partial charge in [-0.2, -0.15) is 0 Å². The summed E-state index contributed by atoms with van der Waals surface area (Å²) in [5, 5.41) is 2.64. The number of nitrogens with zero attached hydrogens (tertiary/aromatic N) is 1. The van der Waals surface area contributed by atoms with Gasteiger partial charge < -0.3 is 4.90 Å². The van der Waals surface area contributed by atoms with Gasteiger partial charge >= 0.3 is 0 Å². The molecule has 0 aromatic heterocycles. The lowest BCUT2D eigenvalue weighted by Gasteiger charge is -2.32. The van der Waals surface area contributed by atoms with Crippen molar-refractivity contribution in [3.63, 3.8) is 0 Å². The number of anilines is 3. The lowest BCUT2D eigenvalue weighted by molar-refractivity contribution is 0.420. The zero-order valence-corrected chi connectivity index (χ0v) is 33.6. The van der Waals surface area contributed by atoms with E-state index >= 15 is 0 Å². The average Bonchev–Trinajstić information content (AvgIpc) is 3.97. The highest BCUT2D eigenvalue weighted by Crippen LogP contribution is 2.56. The van der Waals surface area contributed by atoms with E-state index in [1.165, 1.54) is 141 Å². The van der Waals surface area contributed by atoms with Crippen LogP contribution in [0, 0.1) is 11.8 Å². The Hall–Kier alpha value is -5.40. The molecule has 282 valence electrons. The predicted octanol–water partition coefficient (Wildman–Crippen LogP) is 15.9. The molecule has 57 heavy (non-hydrogen) atoms. The Bertz CT molecular complexity index is 2590. The van der Waals surface area contributed by atoms with Crippen LogP contribution in [-0.4, -0.2) is 0 Å². The highest BCUT2D eigenvalue weighted by atomic mass is 15.1. The normalized spacial score (nSPS) is 20.8. The first-order valence-electron chi connectivity index (χ1n) is 21.9. The third-order valence-electron chi connectivity index (χ3n) is 14.7. The number of rotatable bonds is 7. The van der Waals surface area contributed by atoms with Crippen molar-refractivity contribution in [2.24, 2.45) is 11.8 Å². The molecule has 1 heteroatoms. The third-order valence-corrected chi connectivity index (χ3v) is 14.7. The molecule has 0 amide bonds. The summed E-state index contributed by atoms with van der Waals surface area (Å²) in [6, 6.07) is 58.4. The Morgan fingerprint density at radius 1 is 0.491 bits per heavy atom. The Morgan fingerprint density at radius 3 is 1.96 bits per heavy atom. The van der Waals surface area contributed by atoms with Gasteiger partial charge in [-0.05, 0) is 148 Å². The molecule has 0 N–H and O–H groups in total. The van der Waals surface area contributed by atoms with E-state index in [1.807, 2.05) is 0 Å². The summed E-state index contributed by atoms with van der Waals surface area (Å²) < 4.78 is 0. The summed E-state index contributed by atoms with van der Waals surface area (Å²) >= 11 is 0. The molecule has 7 aromatic rings. The molecule has 0 radical (unpaired) electrons. The Labute approximate surface area is 339 Å². The first-order valence-corrected chi connectivity index (χ1v) is 21.9. The Morgan fingerprint density at radius 2 is 1.23 bits per heavy atom. The molecule has 1 nitrogen and oxygen atoms in total. The van der Waals surface area contributed by atoms with Crippen LogP contribution in [0.4, 0.5) is 17.1 Å². The van der Waals surface area contributed by atoms with Gasteiger partial charge in [0.15, 0.2) is 0 Å². The number of benzene rings is 7. The molecular weight excluding hydrogens is 687 g/mol. The second kappa shape index (κ2) is 13.9. The molecule has 0 saturated heterocycles. The zero-order chi connectivity index (χ0) is 38.1. The fourth-order valence-electron chi connectivity index (χ4n) is 11.7. The highest BCUT2D eigenvalue weighted by molar-refractivity contribution is 6.02. The molecule has 7 aromatic carbocycles. The number of fused-ring (bicyclic) bond motifs is 6. The van der Waals surface area contributed by atoms with Gasteiger partial charge in [0.1, 0.15) is 0 Å². The van der Waals surface area contributed by atoms with E-state index in [-0.39, 0.29) is 5.41 Å². The van der Waals surface area contributed by atoms with Crippen molar-refractivity contribution >= 4 is 27.8 Å². The molecule has 3 saturated carbocycles. The molecule has 3 atom stereocenters. The van der Waals surface area contributed by atoms with Crippen LogP contribution < -0.4 is 4.90 Å². The van der Waals surface area contributed by atoms with Crippen molar-refractivity contribution < 1.29 is 0 Å². The highest BCUT2D eigenvalue weighted by Gasteiger charge is 2.40. The first kappa shape index (κ1) is 34.8. The molecule has 0 aliphatic heterocycles. The van der Waals surface area contributed by atoms with Gasteiger partial charge in [0.25, 0.3) is 0 Å². The summed E-state index contributed by atoms with van der Waals surface area (Å²) in [5.41, 5.74) is 17.1. The fourth-order valence-corrected chi connectivity index (χ4v) is 11.7. The van der Waals surface area contributed by atoms with Gasteiger partial charge in [0, 0.05) is 22.1 Å². The minimum Gasteiger partial charge on any atom is -0.309 e.